The minimum absolute atomic E-state index is 0.398. The van der Waals surface area contributed by atoms with Crippen molar-refractivity contribution in [2.45, 2.75) is 20.0 Å². The van der Waals surface area contributed by atoms with E-state index in [0.29, 0.717) is 6.54 Å². The van der Waals surface area contributed by atoms with Gasteiger partial charge in [-0.25, -0.2) is 4.98 Å². The average Bonchev–Trinajstić information content (AvgIpc) is 2.82. The summed E-state index contributed by atoms with van der Waals surface area (Å²) in [6.07, 6.45) is 0. The van der Waals surface area contributed by atoms with Crippen LogP contribution >= 0.6 is 11.3 Å². The Kier molecular flexibility index (Phi) is 5.31. The normalized spacial score (nSPS) is 10.4. The minimum Gasteiger partial charge on any atom is -0.320 e. The zero-order valence-corrected chi connectivity index (χ0v) is 12.7. The van der Waals surface area contributed by atoms with Gasteiger partial charge in [-0.05, 0) is 31.7 Å². The summed E-state index contributed by atoms with van der Waals surface area (Å²) in [5, 5.41) is 0. The Labute approximate surface area is 124 Å². The molecule has 1 aromatic heterocycles. The Morgan fingerprint density at radius 3 is 2.90 bits per heavy atom. The van der Waals surface area contributed by atoms with E-state index in [1.807, 2.05) is 17.6 Å². The molecule has 0 aliphatic heterocycles. The van der Waals surface area contributed by atoms with Gasteiger partial charge in [0.1, 0.15) is 0 Å². The first kappa shape index (κ1) is 14.7. The molecule has 4 heteroatoms. The van der Waals surface area contributed by atoms with E-state index in [-0.39, 0.29) is 0 Å². The quantitative estimate of drug-likeness (QED) is 0.877. The van der Waals surface area contributed by atoms with E-state index in [4.69, 9.17) is 5.73 Å². The lowest BCUT2D eigenvalue weighted by Gasteiger charge is -2.16. The minimum atomic E-state index is 0.398. The number of hydrogen-bond donors (Lipinski definition) is 1. The van der Waals surface area contributed by atoms with Crippen LogP contribution in [0.3, 0.4) is 0 Å². The Hall–Kier alpha value is -1.67. The highest BCUT2D eigenvalue weighted by atomic mass is 32.1. The zero-order chi connectivity index (χ0) is 14.4. The smallest absolute Gasteiger partial charge is 0.0798 e. The van der Waals surface area contributed by atoms with E-state index in [0.717, 1.165) is 24.3 Å². The van der Waals surface area contributed by atoms with E-state index in [9.17, 15) is 0 Å². The van der Waals surface area contributed by atoms with Crippen LogP contribution in [-0.2, 0) is 13.1 Å². The summed E-state index contributed by atoms with van der Waals surface area (Å²) < 4.78 is 0. The second-order valence-electron chi connectivity index (χ2n) is 4.74. The molecule has 0 spiro atoms. The summed E-state index contributed by atoms with van der Waals surface area (Å²) >= 11 is 1.71. The van der Waals surface area contributed by atoms with Gasteiger partial charge in [-0.1, -0.05) is 24.0 Å². The third-order valence-corrected chi connectivity index (χ3v) is 3.89. The lowest BCUT2D eigenvalue weighted by molar-refractivity contribution is 0.321. The molecule has 1 aromatic carbocycles. The molecule has 0 aliphatic rings. The number of nitrogens with two attached hydrogens (primary N) is 1. The van der Waals surface area contributed by atoms with E-state index >= 15 is 0 Å². The predicted molar refractivity (Wildman–Crippen MR) is 84.4 cm³/mol. The molecule has 1 heterocycles. The van der Waals surface area contributed by atoms with Crippen molar-refractivity contribution in [3.8, 4) is 11.8 Å². The monoisotopic (exact) mass is 285 g/mol. The molecule has 0 radical (unpaired) electrons. The van der Waals surface area contributed by atoms with Crippen LogP contribution in [0.1, 0.15) is 21.7 Å². The summed E-state index contributed by atoms with van der Waals surface area (Å²) in [4.78, 5) is 7.90. The molecule has 0 aliphatic carbocycles. The molecule has 104 valence electrons. The summed E-state index contributed by atoms with van der Waals surface area (Å²) in [5.74, 6) is 5.96. The SMILES string of the molecule is Cc1ncsc1CN(C)Cc1cccc(C#CCN)c1. The second kappa shape index (κ2) is 7.20. The third kappa shape index (κ3) is 4.17. The van der Waals surface area contributed by atoms with Crippen LogP contribution in [0.4, 0.5) is 0 Å². The number of benzene rings is 1. The van der Waals surface area contributed by atoms with Gasteiger partial charge in [0.15, 0.2) is 0 Å². The van der Waals surface area contributed by atoms with Gasteiger partial charge in [-0.15, -0.1) is 11.3 Å². The molecule has 0 atom stereocenters. The van der Waals surface area contributed by atoms with Gasteiger partial charge >= 0.3 is 0 Å². The molecule has 2 rings (SSSR count). The van der Waals surface area contributed by atoms with Crippen LogP contribution in [0, 0.1) is 18.8 Å². The fourth-order valence-electron chi connectivity index (χ4n) is 1.99. The van der Waals surface area contributed by atoms with Crippen LogP contribution in [0.15, 0.2) is 29.8 Å². The Morgan fingerprint density at radius 1 is 1.35 bits per heavy atom. The molecule has 0 unspecified atom stereocenters. The number of rotatable bonds is 4. The Balaban J connectivity index is 2.00. The van der Waals surface area contributed by atoms with E-state index < -0.39 is 0 Å². The van der Waals surface area contributed by atoms with E-state index in [2.05, 4.69) is 47.8 Å². The number of nitrogens with zero attached hydrogens (tertiary/aromatic N) is 2. The van der Waals surface area contributed by atoms with Crippen molar-refractivity contribution in [3.63, 3.8) is 0 Å². The van der Waals surface area contributed by atoms with Crippen LogP contribution in [0.5, 0.6) is 0 Å². The molecule has 2 aromatic rings. The zero-order valence-electron chi connectivity index (χ0n) is 11.9. The lowest BCUT2D eigenvalue weighted by Crippen LogP contribution is -2.17. The fourth-order valence-corrected chi connectivity index (χ4v) is 2.85. The van der Waals surface area contributed by atoms with Crippen molar-refractivity contribution in [3.05, 3.63) is 51.5 Å². The topological polar surface area (TPSA) is 42.2 Å². The van der Waals surface area contributed by atoms with Gasteiger partial charge in [-0.2, -0.15) is 0 Å². The van der Waals surface area contributed by atoms with Crippen molar-refractivity contribution in [2.24, 2.45) is 5.73 Å². The van der Waals surface area contributed by atoms with Gasteiger partial charge in [0.25, 0.3) is 0 Å². The Morgan fingerprint density at radius 2 is 2.20 bits per heavy atom. The first-order chi connectivity index (χ1) is 9.69. The highest BCUT2D eigenvalue weighted by Gasteiger charge is 2.06. The van der Waals surface area contributed by atoms with Crippen LogP contribution in [0.25, 0.3) is 0 Å². The molecule has 0 fully saturated rings. The fraction of sp³-hybridized carbons (Fsp3) is 0.312. The summed E-state index contributed by atoms with van der Waals surface area (Å²) in [6, 6.07) is 8.31. The molecule has 0 bridgehead atoms. The number of aryl methyl sites for hydroxylation is 1. The van der Waals surface area contributed by atoms with Crippen molar-refractivity contribution < 1.29 is 0 Å². The summed E-state index contributed by atoms with van der Waals surface area (Å²) in [5.41, 5.74) is 10.7. The lowest BCUT2D eigenvalue weighted by atomic mass is 10.1. The second-order valence-corrected chi connectivity index (χ2v) is 5.68. The molecule has 0 saturated carbocycles. The number of aromatic nitrogens is 1. The first-order valence-corrected chi connectivity index (χ1v) is 7.42. The van der Waals surface area contributed by atoms with Gasteiger partial charge in [0, 0.05) is 23.5 Å². The third-order valence-electron chi connectivity index (χ3n) is 2.97. The van der Waals surface area contributed by atoms with Gasteiger partial charge in [0.2, 0.25) is 0 Å². The summed E-state index contributed by atoms with van der Waals surface area (Å²) in [6.45, 7) is 4.28. The van der Waals surface area contributed by atoms with Crippen molar-refractivity contribution >= 4 is 11.3 Å². The molecule has 0 amide bonds. The molecule has 20 heavy (non-hydrogen) atoms. The molecular weight excluding hydrogens is 266 g/mol. The summed E-state index contributed by atoms with van der Waals surface area (Å²) in [7, 11) is 2.12. The van der Waals surface area contributed by atoms with Crippen molar-refractivity contribution in [1.29, 1.82) is 0 Å². The van der Waals surface area contributed by atoms with Crippen LogP contribution in [0.2, 0.25) is 0 Å². The predicted octanol–water partition coefficient (Wildman–Crippen LogP) is 2.39. The Bertz CT molecular complexity index is 622. The van der Waals surface area contributed by atoms with E-state index in [1.165, 1.54) is 10.4 Å². The molecule has 3 nitrogen and oxygen atoms in total. The van der Waals surface area contributed by atoms with Gasteiger partial charge in [0.05, 0.1) is 17.7 Å². The maximum absolute atomic E-state index is 5.40. The van der Waals surface area contributed by atoms with Crippen molar-refractivity contribution in [1.82, 2.24) is 9.88 Å². The molecule has 0 saturated heterocycles. The highest BCUT2D eigenvalue weighted by Crippen LogP contribution is 2.16. The van der Waals surface area contributed by atoms with Crippen LogP contribution < -0.4 is 5.73 Å². The molecular formula is C16H19N3S. The van der Waals surface area contributed by atoms with Crippen LogP contribution in [-0.4, -0.2) is 23.5 Å². The van der Waals surface area contributed by atoms with E-state index in [1.54, 1.807) is 11.3 Å². The maximum Gasteiger partial charge on any atom is 0.0798 e. The van der Waals surface area contributed by atoms with Gasteiger partial charge in [-0.3, -0.25) is 4.90 Å². The largest absolute Gasteiger partial charge is 0.320 e. The average molecular weight is 285 g/mol. The number of hydrogen-bond acceptors (Lipinski definition) is 4. The number of thiazole rings is 1. The standard InChI is InChI=1S/C16H19N3S/c1-13-16(20-12-18-13)11-19(2)10-15-6-3-5-14(9-15)7-4-8-17/h3,5-6,9,12H,8,10-11,17H2,1-2H3. The maximum atomic E-state index is 5.40. The highest BCUT2D eigenvalue weighted by molar-refractivity contribution is 7.09. The first-order valence-electron chi connectivity index (χ1n) is 6.54. The van der Waals surface area contributed by atoms with Gasteiger partial charge < -0.3 is 5.73 Å². The molecule has 2 N–H and O–H groups in total. The van der Waals surface area contributed by atoms with Crippen molar-refractivity contribution in [2.75, 3.05) is 13.6 Å².